The molecule has 0 spiro atoms. The van der Waals surface area contributed by atoms with Gasteiger partial charge in [-0.3, -0.25) is 10.1 Å². The van der Waals surface area contributed by atoms with Crippen molar-refractivity contribution in [3.8, 4) is 11.5 Å². The highest BCUT2D eigenvalue weighted by atomic mass is 16.6. The molecule has 3 rings (SSSR count). The largest absolute Gasteiger partial charge is 0.508 e. The Morgan fingerprint density at radius 1 is 0.719 bits per heavy atom. The molecule has 0 aliphatic heterocycles. The van der Waals surface area contributed by atoms with E-state index < -0.39 is 10.8 Å². The predicted molar refractivity (Wildman–Crippen MR) is 128 cm³/mol. The SMILES string of the molecule is CC(C)(C)c1ccc(O)c(C(c2ccc([N+](=O)[O-])cc2)c2cc(C(C)(C)C)ccc2O)c1. The molecule has 0 saturated carbocycles. The van der Waals surface area contributed by atoms with E-state index in [1.165, 1.54) is 12.1 Å². The maximum atomic E-state index is 11.2. The molecule has 0 aliphatic carbocycles. The van der Waals surface area contributed by atoms with Gasteiger partial charge in [0.1, 0.15) is 11.5 Å². The first-order chi connectivity index (χ1) is 14.8. The maximum Gasteiger partial charge on any atom is 0.269 e. The molecule has 168 valence electrons. The fourth-order valence-corrected chi connectivity index (χ4v) is 3.82. The van der Waals surface area contributed by atoms with Crippen molar-refractivity contribution in [2.45, 2.75) is 58.3 Å². The molecule has 3 aromatic carbocycles. The number of hydrogen-bond acceptors (Lipinski definition) is 4. The predicted octanol–water partition coefficient (Wildman–Crippen LogP) is 6.78. The number of phenols is 2. The van der Waals surface area contributed by atoms with Gasteiger partial charge >= 0.3 is 0 Å². The fraction of sp³-hybridized carbons (Fsp3) is 0.333. The quantitative estimate of drug-likeness (QED) is 0.270. The summed E-state index contributed by atoms with van der Waals surface area (Å²) in [5, 5.41) is 32.9. The van der Waals surface area contributed by atoms with Crippen LogP contribution in [-0.2, 0) is 10.8 Å². The zero-order valence-corrected chi connectivity index (χ0v) is 19.5. The van der Waals surface area contributed by atoms with Crippen LogP contribution in [0.4, 0.5) is 5.69 Å². The van der Waals surface area contributed by atoms with E-state index in [1.807, 2.05) is 24.3 Å². The number of rotatable bonds is 4. The third-order valence-corrected chi connectivity index (χ3v) is 5.85. The van der Waals surface area contributed by atoms with Crippen molar-refractivity contribution in [1.29, 1.82) is 0 Å². The fourth-order valence-electron chi connectivity index (χ4n) is 3.82. The minimum Gasteiger partial charge on any atom is -0.508 e. The molecule has 0 bridgehead atoms. The van der Waals surface area contributed by atoms with Crippen molar-refractivity contribution >= 4 is 5.69 Å². The van der Waals surface area contributed by atoms with Crippen molar-refractivity contribution in [3.05, 3.63) is 98.6 Å². The van der Waals surface area contributed by atoms with E-state index in [0.717, 1.165) is 16.7 Å². The molecule has 0 aromatic heterocycles. The van der Waals surface area contributed by atoms with E-state index in [9.17, 15) is 20.3 Å². The van der Waals surface area contributed by atoms with Gasteiger partial charge in [-0.25, -0.2) is 0 Å². The van der Waals surface area contributed by atoms with Crippen molar-refractivity contribution in [1.82, 2.24) is 0 Å². The van der Waals surface area contributed by atoms with Gasteiger partial charge < -0.3 is 10.2 Å². The van der Waals surface area contributed by atoms with Crippen LogP contribution in [0.25, 0.3) is 0 Å². The highest BCUT2D eigenvalue weighted by Crippen LogP contribution is 2.43. The van der Waals surface area contributed by atoms with Crippen LogP contribution in [-0.4, -0.2) is 15.1 Å². The Morgan fingerprint density at radius 3 is 1.47 bits per heavy atom. The van der Waals surface area contributed by atoms with Gasteiger partial charge in [0.2, 0.25) is 0 Å². The van der Waals surface area contributed by atoms with Gasteiger partial charge in [-0.15, -0.1) is 0 Å². The number of benzene rings is 3. The number of nitrogens with zero attached hydrogens (tertiary/aromatic N) is 1. The zero-order chi connectivity index (χ0) is 23.8. The van der Waals surface area contributed by atoms with E-state index in [1.54, 1.807) is 24.3 Å². The summed E-state index contributed by atoms with van der Waals surface area (Å²) >= 11 is 0. The molecule has 0 saturated heterocycles. The number of aromatic hydroxyl groups is 2. The van der Waals surface area contributed by atoms with E-state index in [2.05, 4.69) is 41.5 Å². The number of hydrogen-bond donors (Lipinski definition) is 2. The summed E-state index contributed by atoms with van der Waals surface area (Å²) in [5.74, 6) is -0.274. The smallest absolute Gasteiger partial charge is 0.269 e. The molecule has 0 aliphatic rings. The Hall–Kier alpha value is -3.34. The highest BCUT2D eigenvalue weighted by molar-refractivity contribution is 5.56. The van der Waals surface area contributed by atoms with Crippen LogP contribution in [0, 0.1) is 10.1 Å². The normalized spacial score (nSPS) is 12.2. The van der Waals surface area contributed by atoms with Crippen LogP contribution in [0.2, 0.25) is 0 Å². The molecule has 32 heavy (non-hydrogen) atoms. The second-order valence-corrected chi connectivity index (χ2v) is 10.3. The van der Waals surface area contributed by atoms with Crippen molar-refractivity contribution in [2.75, 3.05) is 0 Å². The molecule has 0 fully saturated rings. The van der Waals surface area contributed by atoms with Crippen molar-refractivity contribution < 1.29 is 15.1 Å². The lowest BCUT2D eigenvalue weighted by atomic mass is 9.78. The second kappa shape index (κ2) is 8.30. The summed E-state index contributed by atoms with van der Waals surface area (Å²) in [7, 11) is 0. The van der Waals surface area contributed by atoms with Crippen LogP contribution >= 0.6 is 0 Å². The van der Waals surface area contributed by atoms with E-state index >= 15 is 0 Å². The maximum absolute atomic E-state index is 11.2. The Bertz CT molecular complexity index is 1070. The van der Waals surface area contributed by atoms with Gasteiger partial charge in [0.15, 0.2) is 0 Å². The molecule has 0 radical (unpaired) electrons. The molecule has 0 amide bonds. The van der Waals surface area contributed by atoms with Crippen LogP contribution < -0.4 is 0 Å². The molecular formula is C27H31NO4. The topological polar surface area (TPSA) is 83.6 Å². The first kappa shape index (κ1) is 23.3. The second-order valence-electron chi connectivity index (χ2n) is 10.3. The van der Waals surface area contributed by atoms with Gasteiger partial charge in [-0.05, 0) is 39.7 Å². The third kappa shape index (κ3) is 4.77. The lowest BCUT2D eigenvalue weighted by Crippen LogP contribution is -2.14. The first-order valence-electron chi connectivity index (χ1n) is 10.7. The standard InChI is InChI=1S/C27H31NO4/c1-26(2,3)18-9-13-23(29)21(15-18)25(17-7-11-20(12-8-17)28(31)32)22-16-19(27(4,5)6)10-14-24(22)30/h7-16,25,29-30H,1-6H3. The van der Waals surface area contributed by atoms with E-state index in [-0.39, 0.29) is 28.0 Å². The third-order valence-electron chi connectivity index (χ3n) is 5.85. The molecule has 5 heteroatoms. The molecule has 0 atom stereocenters. The number of nitro benzene ring substituents is 1. The van der Waals surface area contributed by atoms with Gasteiger partial charge in [0, 0.05) is 29.2 Å². The number of non-ortho nitro benzene ring substituents is 1. The summed E-state index contributed by atoms with van der Waals surface area (Å²) in [5.41, 5.74) is 3.84. The summed E-state index contributed by atoms with van der Waals surface area (Å²) < 4.78 is 0. The molecule has 0 heterocycles. The van der Waals surface area contributed by atoms with Crippen molar-refractivity contribution in [2.24, 2.45) is 0 Å². The summed E-state index contributed by atoms with van der Waals surface area (Å²) in [6.45, 7) is 12.6. The van der Waals surface area contributed by atoms with E-state index in [4.69, 9.17) is 0 Å². The van der Waals surface area contributed by atoms with Gasteiger partial charge in [-0.1, -0.05) is 77.9 Å². The Kier molecular flexibility index (Phi) is 6.05. The van der Waals surface area contributed by atoms with Crippen LogP contribution in [0.1, 0.15) is 75.3 Å². The first-order valence-corrected chi connectivity index (χ1v) is 10.7. The van der Waals surface area contributed by atoms with Crippen LogP contribution in [0.3, 0.4) is 0 Å². The van der Waals surface area contributed by atoms with Crippen molar-refractivity contribution in [3.63, 3.8) is 0 Å². The van der Waals surface area contributed by atoms with Crippen LogP contribution in [0.5, 0.6) is 11.5 Å². The monoisotopic (exact) mass is 433 g/mol. The average molecular weight is 434 g/mol. The number of nitro groups is 1. The summed E-state index contributed by atoms with van der Waals surface area (Å²) in [4.78, 5) is 10.7. The molecule has 0 unspecified atom stereocenters. The van der Waals surface area contributed by atoms with Gasteiger partial charge in [0.05, 0.1) is 4.92 Å². The van der Waals surface area contributed by atoms with Gasteiger partial charge in [0.25, 0.3) is 5.69 Å². The Morgan fingerprint density at radius 2 is 1.12 bits per heavy atom. The molecule has 3 aromatic rings. The minimum absolute atomic E-state index is 0.00664. The summed E-state index contributed by atoms with van der Waals surface area (Å²) in [6, 6.07) is 17.4. The lowest BCUT2D eigenvalue weighted by Gasteiger charge is -2.27. The zero-order valence-electron chi connectivity index (χ0n) is 19.5. The molecule has 2 N–H and O–H groups in total. The molecule has 5 nitrogen and oxygen atoms in total. The average Bonchev–Trinajstić information content (AvgIpc) is 2.69. The Balaban J connectivity index is 2.31. The minimum atomic E-state index is -0.500. The highest BCUT2D eigenvalue weighted by Gasteiger charge is 2.27. The van der Waals surface area contributed by atoms with Crippen LogP contribution in [0.15, 0.2) is 60.7 Å². The van der Waals surface area contributed by atoms with E-state index in [0.29, 0.717) is 11.1 Å². The molecular weight excluding hydrogens is 402 g/mol. The van der Waals surface area contributed by atoms with Gasteiger partial charge in [-0.2, -0.15) is 0 Å². The lowest BCUT2D eigenvalue weighted by molar-refractivity contribution is -0.384. The number of phenolic OH excluding ortho intramolecular Hbond substituents is 2. The summed E-state index contributed by atoms with van der Waals surface area (Å²) in [6.07, 6.45) is 0. The Labute approximate surface area is 189 Å².